The molecule has 0 spiro atoms. The second-order valence-electron chi connectivity index (χ2n) is 5.66. The number of nitriles is 1. The van der Waals surface area contributed by atoms with Gasteiger partial charge in [0.05, 0.1) is 24.4 Å². The Balaban J connectivity index is 1.74. The topological polar surface area (TPSA) is 89.5 Å². The second kappa shape index (κ2) is 7.06. The van der Waals surface area contributed by atoms with Gasteiger partial charge in [-0.05, 0) is 35.5 Å². The molecule has 2 heterocycles. The standard InChI is InChI=1S/C20H14N6O/c1-27-19-12-15(9-10-17(19)16-7-3-2-6-14(16)13-21)26-24-20(23-25-26)18-8-4-5-11-22-18/h2-12H,1H3. The van der Waals surface area contributed by atoms with Gasteiger partial charge >= 0.3 is 0 Å². The summed E-state index contributed by atoms with van der Waals surface area (Å²) in [6, 6.07) is 20.7. The number of methoxy groups -OCH3 is 1. The van der Waals surface area contributed by atoms with Crippen LogP contribution in [0.15, 0.2) is 66.9 Å². The molecule has 0 aliphatic rings. The molecule has 0 aliphatic carbocycles. The fourth-order valence-electron chi connectivity index (χ4n) is 2.76. The highest BCUT2D eigenvalue weighted by Crippen LogP contribution is 2.33. The van der Waals surface area contributed by atoms with E-state index in [0.29, 0.717) is 28.5 Å². The van der Waals surface area contributed by atoms with Crippen molar-refractivity contribution in [2.45, 2.75) is 0 Å². The molecule has 7 nitrogen and oxygen atoms in total. The first-order valence-electron chi connectivity index (χ1n) is 8.19. The van der Waals surface area contributed by atoms with Gasteiger partial charge in [-0.1, -0.05) is 24.3 Å². The molecule has 4 aromatic rings. The molecule has 0 N–H and O–H groups in total. The first-order chi connectivity index (χ1) is 13.3. The van der Waals surface area contributed by atoms with Crippen molar-refractivity contribution in [2.75, 3.05) is 7.11 Å². The van der Waals surface area contributed by atoms with E-state index < -0.39 is 0 Å². The summed E-state index contributed by atoms with van der Waals surface area (Å²) >= 11 is 0. The molecule has 0 bridgehead atoms. The highest BCUT2D eigenvalue weighted by Gasteiger charge is 2.13. The molecule has 0 saturated carbocycles. The Morgan fingerprint density at radius 1 is 1.00 bits per heavy atom. The lowest BCUT2D eigenvalue weighted by Gasteiger charge is -2.11. The van der Waals surface area contributed by atoms with E-state index in [9.17, 15) is 5.26 Å². The summed E-state index contributed by atoms with van der Waals surface area (Å²) < 4.78 is 5.54. The van der Waals surface area contributed by atoms with Crippen molar-refractivity contribution in [3.05, 3.63) is 72.4 Å². The summed E-state index contributed by atoms with van der Waals surface area (Å²) in [5, 5.41) is 21.9. The van der Waals surface area contributed by atoms with Crippen LogP contribution in [0.4, 0.5) is 0 Å². The summed E-state index contributed by atoms with van der Waals surface area (Å²) in [5.74, 6) is 1.06. The summed E-state index contributed by atoms with van der Waals surface area (Å²) in [5.41, 5.74) is 3.56. The molecule has 0 atom stereocenters. The average Bonchev–Trinajstić information content (AvgIpc) is 3.24. The third-order valence-corrected chi connectivity index (χ3v) is 4.06. The molecule has 2 aromatic heterocycles. The van der Waals surface area contributed by atoms with Crippen molar-refractivity contribution >= 4 is 0 Å². The summed E-state index contributed by atoms with van der Waals surface area (Å²) in [6.45, 7) is 0. The minimum Gasteiger partial charge on any atom is -0.496 e. The van der Waals surface area contributed by atoms with Gasteiger partial charge in [-0.3, -0.25) is 4.98 Å². The fourth-order valence-corrected chi connectivity index (χ4v) is 2.76. The first-order valence-corrected chi connectivity index (χ1v) is 8.19. The number of aromatic nitrogens is 5. The molecule has 0 aliphatic heterocycles. The molecule has 2 aromatic carbocycles. The molecular formula is C20H14N6O. The lowest BCUT2D eigenvalue weighted by Crippen LogP contribution is -2.00. The van der Waals surface area contributed by atoms with Gasteiger partial charge in [0, 0.05) is 23.4 Å². The van der Waals surface area contributed by atoms with Crippen molar-refractivity contribution < 1.29 is 4.74 Å². The van der Waals surface area contributed by atoms with E-state index in [-0.39, 0.29) is 0 Å². The summed E-state index contributed by atoms with van der Waals surface area (Å²) in [7, 11) is 1.59. The fraction of sp³-hybridized carbons (Fsp3) is 0.0500. The van der Waals surface area contributed by atoms with E-state index in [0.717, 1.165) is 11.1 Å². The zero-order valence-electron chi connectivity index (χ0n) is 14.4. The number of hydrogen-bond donors (Lipinski definition) is 0. The minimum absolute atomic E-state index is 0.438. The van der Waals surface area contributed by atoms with Crippen molar-refractivity contribution in [3.8, 4) is 40.2 Å². The van der Waals surface area contributed by atoms with Crippen LogP contribution in [-0.2, 0) is 0 Å². The molecule has 4 rings (SSSR count). The van der Waals surface area contributed by atoms with E-state index in [1.54, 1.807) is 19.4 Å². The third-order valence-electron chi connectivity index (χ3n) is 4.06. The van der Waals surface area contributed by atoms with Gasteiger partial charge in [0.1, 0.15) is 11.4 Å². The number of hydrogen-bond acceptors (Lipinski definition) is 6. The van der Waals surface area contributed by atoms with Crippen LogP contribution in [0.5, 0.6) is 5.75 Å². The van der Waals surface area contributed by atoms with Gasteiger partial charge in [0.15, 0.2) is 0 Å². The molecule has 7 heteroatoms. The van der Waals surface area contributed by atoms with Crippen LogP contribution in [0, 0.1) is 11.3 Å². The smallest absolute Gasteiger partial charge is 0.223 e. The van der Waals surface area contributed by atoms with E-state index in [1.807, 2.05) is 54.6 Å². The van der Waals surface area contributed by atoms with Crippen LogP contribution in [0.3, 0.4) is 0 Å². The maximum atomic E-state index is 9.36. The predicted octanol–water partition coefficient (Wildman–Crippen LogP) is 3.27. The Morgan fingerprint density at radius 2 is 1.85 bits per heavy atom. The molecule has 0 saturated heterocycles. The van der Waals surface area contributed by atoms with Crippen molar-refractivity contribution in [3.63, 3.8) is 0 Å². The van der Waals surface area contributed by atoms with Crippen LogP contribution in [0.1, 0.15) is 5.56 Å². The highest BCUT2D eigenvalue weighted by atomic mass is 16.5. The number of rotatable bonds is 4. The highest BCUT2D eigenvalue weighted by molar-refractivity contribution is 5.76. The number of tetrazole rings is 1. The minimum atomic E-state index is 0.438. The van der Waals surface area contributed by atoms with Gasteiger partial charge in [-0.15, -0.1) is 15.0 Å². The maximum absolute atomic E-state index is 9.36. The van der Waals surface area contributed by atoms with E-state index >= 15 is 0 Å². The van der Waals surface area contributed by atoms with Gasteiger partial charge in [-0.2, -0.15) is 5.26 Å². The summed E-state index contributed by atoms with van der Waals surface area (Å²) in [6.07, 6.45) is 1.68. The van der Waals surface area contributed by atoms with Crippen LogP contribution < -0.4 is 4.74 Å². The monoisotopic (exact) mass is 354 g/mol. The van der Waals surface area contributed by atoms with Crippen molar-refractivity contribution in [2.24, 2.45) is 0 Å². The normalized spacial score (nSPS) is 10.4. The molecule has 0 radical (unpaired) electrons. The number of benzene rings is 2. The molecule has 0 fully saturated rings. The Morgan fingerprint density at radius 3 is 2.63 bits per heavy atom. The second-order valence-corrected chi connectivity index (χ2v) is 5.66. The summed E-state index contributed by atoms with van der Waals surface area (Å²) in [4.78, 5) is 5.65. The van der Waals surface area contributed by atoms with Crippen LogP contribution >= 0.6 is 0 Å². The van der Waals surface area contributed by atoms with Crippen molar-refractivity contribution in [1.29, 1.82) is 5.26 Å². The average molecular weight is 354 g/mol. The zero-order valence-corrected chi connectivity index (χ0v) is 14.4. The molecular weight excluding hydrogens is 340 g/mol. The quantitative estimate of drug-likeness (QED) is 0.559. The molecule has 27 heavy (non-hydrogen) atoms. The van der Waals surface area contributed by atoms with E-state index in [2.05, 4.69) is 26.5 Å². The van der Waals surface area contributed by atoms with E-state index in [1.165, 1.54) is 4.80 Å². The SMILES string of the molecule is COc1cc(-n2nnc(-c3ccccn3)n2)ccc1-c1ccccc1C#N. The predicted molar refractivity (Wildman–Crippen MR) is 99.1 cm³/mol. The first kappa shape index (κ1) is 16.4. The lowest BCUT2D eigenvalue weighted by atomic mass is 9.99. The number of ether oxygens (including phenoxy) is 1. The van der Waals surface area contributed by atoms with Gasteiger partial charge in [0.25, 0.3) is 0 Å². The number of pyridine rings is 1. The van der Waals surface area contributed by atoms with Crippen LogP contribution in [0.2, 0.25) is 0 Å². The third kappa shape index (κ3) is 3.12. The number of nitrogens with zero attached hydrogens (tertiary/aromatic N) is 6. The molecule has 0 unspecified atom stereocenters. The van der Waals surface area contributed by atoms with Gasteiger partial charge in [0.2, 0.25) is 5.82 Å². The van der Waals surface area contributed by atoms with E-state index in [4.69, 9.17) is 4.74 Å². The zero-order chi connectivity index (χ0) is 18.6. The van der Waals surface area contributed by atoms with Crippen molar-refractivity contribution in [1.82, 2.24) is 25.2 Å². The maximum Gasteiger partial charge on any atom is 0.223 e. The Kier molecular flexibility index (Phi) is 4.29. The van der Waals surface area contributed by atoms with Crippen LogP contribution in [0.25, 0.3) is 28.3 Å². The largest absolute Gasteiger partial charge is 0.496 e. The lowest BCUT2D eigenvalue weighted by molar-refractivity contribution is 0.416. The Bertz CT molecular complexity index is 1130. The molecule has 0 amide bonds. The van der Waals surface area contributed by atoms with Gasteiger partial charge < -0.3 is 4.74 Å². The Hall–Kier alpha value is -4.05. The van der Waals surface area contributed by atoms with Crippen LogP contribution in [-0.4, -0.2) is 32.3 Å². The molecule has 130 valence electrons. The Labute approximate surface area is 155 Å². The van der Waals surface area contributed by atoms with Gasteiger partial charge in [-0.25, -0.2) is 0 Å².